The number of likely N-dealkylation sites (N-methyl/N-ethyl adjacent to an activating group) is 1. The van der Waals surface area contributed by atoms with Gasteiger partial charge >= 0.3 is 0 Å². The fourth-order valence-corrected chi connectivity index (χ4v) is 4.62. The summed E-state index contributed by atoms with van der Waals surface area (Å²) in [7, 11) is 0. The Labute approximate surface area is 160 Å². The lowest BCUT2D eigenvalue weighted by Crippen LogP contribution is -3.28. The van der Waals surface area contributed by atoms with Gasteiger partial charge in [0.25, 0.3) is 0 Å². The molecule has 1 atom stereocenters. The van der Waals surface area contributed by atoms with Crippen LogP contribution in [0.1, 0.15) is 29.8 Å². The van der Waals surface area contributed by atoms with Gasteiger partial charge in [-0.3, -0.25) is 0 Å². The van der Waals surface area contributed by atoms with Crippen LogP contribution in [-0.2, 0) is 0 Å². The van der Waals surface area contributed by atoms with E-state index in [1.54, 1.807) is 9.80 Å². The molecule has 3 N–H and O–H groups in total. The summed E-state index contributed by atoms with van der Waals surface area (Å²) in [6, 6.07) is 17.5. The maximum Gasteiger partial charge on any atom is 0.142 e. The molecule has 0 radical (unpaired) electrons. The second-order valence-electron chi connectivity index (χ2n) is 7.46. The second kappa shape index (κ2) is 7.43. The highest BCUT2D eigenvalue weighted by Gasteiger charge is 2.34. The summed E-state index contributed by atoms with van der Waals surface area (Å²) >= 11 is 6.17. The van der Waals surface area contributed by atoms with Crippen LogP contribution in [0.5, 0.6) is 0 Å². The minimum absolute atomic E-state index is 0.349. The van der Waals surface area contributed by atoms with Crippen molar-refractivity contribution >= 4 is 22.5 Å². The number of hydrogen-bond donors (Lipinski definition) is 3. The minimum Gasteiger partial charge on any atom is -0.358 e. The lowest BCUT2D eigenvalue weighted by Gasteiger charge is -2.35. The molecule has 0 unspecified atom stereocenters. The molecule has 0 amide bonds. The molecule has 1 saturated heterocycles. The van der Waals surface area contributed by atoms with Crippen molar-refractivity contribution in [3.05, 3.63) is 70.4 Å². The number of nitrogens with one attached hydrogen (secondary N) is 3. The molecule has 0 aliphatic carbocycles. The van der Waals surface area contributed by atoms with Crippen molar-refractivity contribution in [3.63, 3.8) is 0 Å². The van der Waals surface area contributed by atoms with Crippen LogP contribution in [0, 0.1) is 6.92 Å². The van der Waals surface area contributed by atoms with E-state index < -0.39 is 0 Å². The van der Waals surface area contributed by atoms with E-state index >= 15 is 0 Å². The maximum atomic E-state index is 6.17. The molecule has 0 bridgehead atoms. The van der Waals surface area contributed by atoms with Crippen molar-refractivity contribution in [1.29, 1.82) is 0 Å². The van der Waals surface area contributed by atoms with Gasteiger partial charge in [-0.2, -0.15) is 0 Å². The van der Waals surface area contributed by atoms with E-state index in [0.717, 1.165) is 5.02 Å². The van der Waals surface area contributed by atoms with Gasteiger partial charge in [0, 0.05) is 32.7 Å². The standard InChI is InChI=1S/C22H26ClN3/c1-3-25-12-14-26(15-13-25)22(17-8-10-18(23)11-9-17)21-16(2)24-20-7-5-4-6-19(20)21/h4-11,22,24H,3,12-15H2,1-2H3/p+2/t22-/m1/s1. The Hall–Kier alpha value is -1.81. The van der Waals surface area contributed by atoms with Crippen molar-refractivity contribution in [2.45, 2.75) is 19.9 Å². The van der Waals surface area contributed by atoms with Crippen LogP contribution in [-0.4, -0.2) is 37.7 Å². The Morgan fingerprint density at radius 3 is 2.38 bits per heavy atom. The molecule has 4 rings (SSSR count). The molecule has 3 nitrogen and oxygen atoms in total. The van der Waals surface area contributed by atoms with Crippen LogP contribution in [0.2, 0.25) is 5.02 Å². The Bertz CT molecular complexity index is 876. The number of H-pyrrole nitrogens is 1. The molecule has 1 fully saturated rings. The monoisotopic (exact) mass is 369 g/mol. The number of quaternary nitrogens is 2. The quantitative estimate of drug-likeness (QED) is 0.627. The van der Waals surface area contributed by atoms with Gasteiger partial charge < -0.3 is 14.8 Å². The fraction of sp³-hybridized carbons (Fsp3) is 0.364. The van der Waals surface area contributed by atoms with Crippen molar-refractivity contribution in [2.24, 2.45) is 0 Å². The van der Waals surface area contributed by atoms with Crippen LogP contribution in [0.4, 0.5) is 0 Å². The SMILES string of the molecule is CC[NH+]1CC[NH+]([C@H](c2ccc(Cl)cc2)c2c(C)[nH]c3ccccc23)CC1. The van der Waals surface area contributed by atoms with Gasteiger partial charge in [-0.05, 0) is 32.0 Å². The number of hydrogen-bond acceptors (Lipinski definition) is 0. The predicted molar refractivity (Wildman–Crippen MR) is 108 cm³/mol. The summed E-state index contributed by atoms with van der Waals surface area (Å²) in [4.78, 5) is 6.99. The Balaban J connectivity index is 1.80. The zero-order chi connectivity index (χ0) is 18.1. The predicted octanol–water partition coefficient (Wildman–Crippen LogP) is 2.02. The molecule has 2 aromatic carbocycles. The maximum absolute atomic E-state index is 6.17. The van der Waals surface area contributed by atoms with E-state index in [0.29, 0.717) is 6.04 Å². The molecule has 0 saturated carbocycles. The van der Waals surface area contributed by atoms with E-state index in [2.05, 4.69) is 55.2 Å². The summed E-state index contributed by atoms with van der Waals surface area (Å²) in [6.45, 7) is 10.6. The van der Waals surface area contributed by atoms with E-state index in [1.807, 2.05) is 12.1 Å². The zero-order valence-electron chi connectivity index (χ0n) is 15.6. The first-order valence-electron chi connectivity index (χ1n) is 9.68. The zero-order valence-corrected chi connectivity index (χ0v) is 16.4. The normalized spacial score (nSPS) is 21.8. The number of rotatable bonds is 4. The van der Waals surface area contributed by atoms with E-state index in [1.165, 1.54) is 60.4 Å². The van der Waals surface area contributed by atoms with Crippen molar-refractivity contribution < 1.29 is 9.80 Å². The molecule has 4 heteroatoms. The minimum atomic E-state index is 0.349. The molecule has 1 aromatic heterocycles. The summed E-state index contributed by atoms with van der Waals surface area (Å²) in [5, 5.41) is 2.15. The number of piperazine rings is 1. The highest BCUT2D eigenvalue weighted by molar-refractivity contribution is 6.30. The number of halogens is 1. The third kappa shape index (κ3) is 3.27. The van der Waals surface area contributed by atoms with Gasteiger partial charge in [-0.15, -0.1) is 0 Å². The van der Waals surface area contributed by atoms with Gasteiger partial charge in [0.2, 0.25) is 0 Å². The average molecular weight is 370 g/mol. The van der Waals surface area contributed by atoms with E-state index in [-0.39, 0.29) is 0 Å². The summed E-state index contributed by atoms with van der Waals surface area (Å²) in [6.07, 6.45) is 0. The molecule has 1 aliphatic heterocycles. The molecule has 26 heavy (non-hydrogen) atoms. The van der Waals surface area contributed by atoms with E-state index in [9.17, 15) is 0 Å². The van der Waals surface area contributed by atoms with Crippen molar-refractivity contribution in [1.82, 2.24) is 4.98 Å². The molecular formula is C22H28ClN3+2. The van der Waals surface area contributed by atoms with Crippen LogP contribution < -0.4 is 9.80 Å². The molecule has 0 spiro atoms. The highest BCUT2D eigenvalue weighted by Crippen LogP contribution is 2.30. The molecular weight excluding hydrogens is 342 g/mol. The van der Waals surface area contributed by atoms with Crippen molar-refractivity contribution in [3.8, 4) is 0 Å². The number of aromatic nitrogens is 1. The van der Waals surface area contributed by atoms with Crippen LogP contribution in [0.3, 0.4) is 0 Å². The van der Waals surface area contributed by atoms with Gasteiger partial charge in [-0.1, -0.05) is 41.9 Å². The molecule has 136 valence electrons. The fourth-order valence-electron chi connectivity index (χ4n) is 4.50. The third-order valence-corrected chi connectivity index (χ3v) is 6.19. The van der Waals surface area contributed by atoms with Gasteiger partial charge in [0.1, 0.15) is 32.2 Å². The summed E-state index contributed by atoms with van der Waals surface area (Å²) in [5.74, 6) is 0. The number of para-hydroxylation sites is 1. The Morgan fingerprint density at radius 1 is 1.00 bits per heavy atom. The first-order valence-corrected chi connectivity index (χ1v) is 10.1. The Morgan fingerprint density at radius 2 is 1.69 bits per heavy atom. The summed E-state index contributed by atoms with van der Waals surface area (Å²) in [5.41, 5.74) is 5.31. The Kier molecular flexibility index (Phi) is 5.03. The van der Waals surface area contributed by atoms with Gasteiger partial charge in [-0.25, -0.2) is 0 Å². The van der Waals surface area contributed by atoms with Crippen LogP contribution in [0.15, 0.2) is 48.5 Å². The molecule has 2 heterocycles. The number of aryl methyl sites for hydroxylation is 1. The van der Waals surface area contributed by atoms with Gasteiger partial charge in [0.15, 0.2) is 0 Å². The number of aromatic amines is 1. The second-order valence-corrected chi connectivity index (χ2v) is 7.89. The van der Waals surface area contributed by atoms with Crippen LogP contribution >= 0.6 is 11.6 Å². The smallest absolute Gasteiger partial charge is 0.142 e. The summed E-state index contributed by atoms with van der Waals surface area (Å²) < 4.78 is 0. The van der Waals surface area contributed by atoms with E-state index in [4.69, 9.17) is 11.6 Å². The highest BCUT2D eigenvalue weighted by atomic mass is 35.5. The van der Waals surface area contributed by atoms with Gasteiger partial charge in [0.05, 0.1) is 6.54 Å². The lowest BCUT2D eigenvalue weighted by molar-refractivity contribution is -1.02. The van der Waals surface area contributed by atoms with Crippen molar-refractivity contribution in [2.75, 3.05) is 32.7 Å². The topological polar surface area (TPSA) is 24.7 Å². The largest absolute Gasteiger partial charge is 0.358 e. The first kappa shape index (κ1) is 17.6. The first-order chi connectivity index (χ1) is 12.7. The third-order valence-electron chi connectivity index (χ3n) is 5.94. The molecule has 3 aromatic rings. The van der Waals surface area contributed by atoms with Crippen LogP contribution in [0.25, 0.3) is 10.9 Å². The molecule has 1 aliphatic rings. The number of benzene rings is 2. The number of fused-ring (bicyclic) bond motifs is 1. The lowest BCUT2D eigenvalue weighted by atomic mass is 9.94. The average Bonchev–Trinajstić information content (AvgIpc) is 3.00.